The van der Waals surface area contributed by atoms with Gasteiger partial charge in [-0.25, -0.2) is 0 Å². The first-order chi connectivity index (χ1) is 8.75. The average Bonchev–Trinajstić information content (AvgIpc) is 2.93. The number of rotatable bonds is 3. The van der Waals surface area contributed by atoms with E-state index in [1.807, 2.05) is 0 Å². The molecule has 0 bridgehead atoms. The third-order valence-electron chi connectivity index (χ3n) is 3.70. The largest absolute Gasteiger partial charge is 0.361 e. The first-order valence-corrected chi connectivity index (χ1v) is 6.43. The predicted octanol–water partition coefficient (Wildman–Crippen LogP) is 3.83. The highest BCUT2D eigenvalue weighted by Gasteiger charge is 2.05. The zero-order valence-corrected chi connectivity index (χ0v) is 10.9. The van der Waals surface area contributed by atoms with Crippen molar-refractivity contribution >= 4 is 10.9 Å². The Balaban J connectivity index is 1.85. The predicted molar refractivity (Wildman–Crippen MR) is 75.9 cm³/mol. The van der Waals surface area contributed by atoms with Crippen LogP contribution < -0.4 is 0 Å². The summed E-state index contributed by atoms with van der Waals surface area (Å²) < 4.78 is 2.38. The molecule has 0 saturated heterocycles. The van der Waals surface area contributed by atoms with E-state index in [1.54, 1.807) is 0 Å². The molecule has 0 spiro atoms. The molecule has 0 aliphatic carbocycles. The maximum Gasteiger partial charge on any atom is 0.0456 e. The van der Waals surface area contributed by atoms with Gasteiger partial charge in [-0.3, -0.25) is 0 Å². The lowest BCUT2D eigenvalue weighted by Crippen LogP contribution is -2.04. The minimum atomic E-state index is 1.05. The second kappa shape index (κ2) is 4.37. The molecular weight excluding hydrogens is 220 g/mol. The van der Waals surface area contributed by atoms with E-state index in [0.717, 1.165) is 13.0 Å². The van der Waals surface area contributed by atoms with Crippen LogP contribution in [0, 0.1) is 13.8 Å². The molecule has 0 amide bonds. The second-order valence-corrected chi connectivity index (χ2v) is 4.88. The van der Waals surface area contributed by atoms with Gasteiger partial charge in [0, 0.05) is 35.0 Å². The van der Waals surface area contributed by atoms with Crippen molar-refractivity contribution in [2.24, 2.45) is 0 Å². The number of hydrogen-bond acceptors (Lipinski definition) is 0. The van der Waals surface area contributed by atoms with Crippen LogP contribution in [0.5, 0.6) is 0 Å². The van der Waals surface area contributed by atoms with Crippen molar-refractivity contribution in [1.29, 1.82) is 0 Å². The van der Waals surface area contributed by atoms with Crippen molar-refractivity contribution in [2.45, 2.75) is 26.8 Å². The normalized spacial score (nSPS) is 11.2. The number of hydrogen-bond donors (Lipinski definition) is 1. The lowest BCUT2D eigenvalue weighted by molar-refractivity contribution is 0.666. The number of fused-ring (bicyclic) bond motifs is 1. The maximum absolute atomic E-state index is 3.34. The molecule has 0 radical (unpaired) electrons. The molecular formula is C16H18N2. The van der Waals surface area contributed by atoms with E-state index in [-0.39, 0.29) is 0 Å². The SMILES string of the molecule is Cc1ccc(C)n1CCc1c[nH]c2ccccc12. The highest BCUT2D eigenvalue weighted by molar-refractivity contribution is 5.82. The number of nitrogens with one attached hydrogen (secondary N) is 1. The summed E-state index contributed by atoms with van der Waals surface area (Å²) in [6.45, 7) is 5.39. The number of aryl methyl sites for hydroxylation is 3. The van der Waals surface area contributed by atoms with Gasteiger partial charge in [0.1, 0.15) is 0 Å². The molecule has 18 heavy (non-hydrogen) atoms. The van der Waals surface area contributed by atoms with Crippen LogP contribution in [0.3, 0.4) is 0 Å². The van der Waals surface area contributed by atoms with Crippen molar-refractivity contribution in [3.63, 3.8) is 0 Å². The zero-order chi connectivity index (χ0) is 12.5. The Hall–Kier alpha value is -1.96. The smallest absolute Gasteiger partial charge is 0.0456 e. The van der Waals surface area contributed by atoms with E-state index < -0.39 is 0 Å². The van der Waals surface area contributed by atoms with Gasteiger partial charge >= 0.3 is 0 Å². The summed E-state index contributed by atoms with van der Waals surface area (Å²) in [6.07, 6.45) is 3.21. The molecule has 92 valence electrons. The average molecular weight is 238 g/mol. The van der Waals surface area contributed by atoms with Gasteiger partial charge in [-0.2, -0.15) is 0 Å². The van der Waals surface area contributed by atoms with Crippen LogP contribution in [0.4, 0.5) is 0 Å². The third kappa shape index (κ3) is 1.84. The molecule has 0 aliphatic rings. The molecule has 3 aromatic rings. The van der Waals surface area contributed by atoms with Crippen molar-refractivity contribution < 1.29 is 0 Å². The van der Waals surface area contributed by atoms with Gasteiger partial charge in [-0.1, -0.05) is 18.2 Å². The summed E-state index contributed by atoms with van der Waals surface area (Å²) in [6, 6.07) is 12.9. The lowest BCUT2D eigenvalue weighted by atomic mass is 10.1. The Morgan fingerprint density at radius 2 is 1.72 bits per heavy atom. The molecule has 0 fully saturated rings. The fraction of sp³-hybridized carbons (Fsp3) is 0.250. The van der Waals surface area contributed by atoms with Gasteiger partial charge in [0.2, 0.25) is 0 Å². The number of aromatic amines is 1. The Morgan fingerprint density at radius 3 is 2.50 bits per heavy atom. The topological polar surface area (TPSA) is 20.7 Å². The highest BCUT2D eigenvalue weighted by atomic mass is 15.0. The molecule has 0 unspecified atom stereocenters. The zero-order valence-electron chi connectivity index (χ0n) is 10.9. The molecule has 1 N–H and O–H groups in total. The molecule has 3 rings (SSSR count). The van der Waals surface area contributed by atoms with Gasteiger partial charge < -0.3 is 9.55 Å². The van der Waals surface area contributed by atoms with Crippen LogP contribution in [-0.4, -0.2) is 9.55 Å². The molecule has 0 aliphatic heterocycles. The van der Waals surface area contributed by atoms with Crippen LogP contribution in [0.1, 0.15) is 17.0 Å². The number of para-hydroxylation sites is 1. The van der Waals surface area contributed by atoms with Crippen molar-refractivity contribution in [1.82, 2.24) is 9.55 Å². The molecule has 0 atom stereocenters. The van der Waals surface area contributed by atoms with E-state index >= 15 is 0 Å². The molecule has 2 heterocycles. The van der Waals surface area contributed by atoms with Crippen LogP contribution in [-0.2, 0) is 13.0 Å². The van der Waals surface area contributed by atoms with Crippen LogP contribution in [0.2, 0.25) is 0 Å². The first kappa shape index (κ1) is 11.1. The quantitative estimate of drug-likeness (QED) is 0.716. The molecule has 1 aromatic carbocycles. The fourth-order valence-corrected chi connectivity index (χ4v) is 2.62. The Labute approximate surface area is 107 Å². The van der Waals surface area contributed by atoms with Crippen LogP contribution in [0.25, 0.3) is 10.9 Å². The van der Waals surface area contributed by atoms with Gasteiger partial charge in [0.15, 0.2) is 0 Å². The van der Waals surface area contributed by atoms with Crippen molar-refractivity contribution in [3.05, 3.63) is 59.5 Å². The standard InChI is InChI=1S/C16H18N2/c1-12-7-8-13(2)18(12)10-9-14-11-17-16-6-4-3-5-15(14)16/h3-8,11,17H,9-10H2,1-2H3. The Kier molecular flexibility index (Phi) is 2.71. The minimum absolute atomic E-state index is 1.05. The Bertz CT molecular complexity index is 654. The number of H-pyrrole nitrogens is 1. The monoisotopic (exact) mass is 238 g/mol. The fourth-order valence-electron chi connectivity index (χ4n) is 2.62. The first-order valence-electron chi connectivity index (χ1n) is 6.43. The summed E-state index contributed by atoms with van der Waals surface area (Å²) in [7, 11) is 0. The minimum Gasteiger partial charge on any atom is -0.361 e. The van der Waals surface area contributed by atoms with Gasteiger partial charge in [0.05, 0.1) is 0 Å². The molecule has 0 saturated carbocycles. The van der Waals surface area contributed by atoms with Crippen molar-refractivity contribution in [2.75, 3.05) is 0 Å². The maximum atomic E-state index is 3.34. The third-order valence-corrected chi connectivity index (χ3v) is 3.70. The van der Waals surface area contributed by atoms with E-state index in [0.29, 0.717) is 0 Å². The van der Waals surface area contributed by atoms with E-state index in [1.165, 1.54) is 27.9 Å². The Morgan fingerprint density at radius 1 is 1.00 bits per heavy atom. The summed E-state index contributed by atoms with van der Waals surface area (Å²) >= 11 is 0. The highest BCUT2D eigenvalue weighted by Crippen LogP contribution is 2.19. The number of benzene rings is 1. The lowest BCUT2D eigenvalue weighted by Gasteiger charge is -2.08. The number of aromatic nitrogens is 2. The van der Waals surface area contributed by atoms with Gasteiger partial charge in [-0.05, 0) is 44.0 Å². The summed E-state index contributed by atoms with van der Waals surface area (Å²) in [5.41, 5.74) is 5.31. The van der Waals surface area contributed by atoms with E-state index in [9.17, 15) is 0 Å². The molecule has 2 aromatic heterocycles. The summed E-state index contributed by atoms with van der Waals surface area (Å²) in [4.78, 5) is 3.34. The number of nitrogens with zero attached hydrogens (tertiary/aromatic N) is 1. The van der Waals surface area contributed by atoms with Crippen LogP contribution in [0.15, 0.2) is 42.6 Å². The van der Waals surface area contributed by atoms with E-state index in [4.69, 9.17) is 0 Å². The van der Waals surface area contributed by atoms with Crippen molar-refractivity contribution in [3.8, 4) is 0 Å². The molecule has 2 heteroatoms. The van der Waals surface area contributed by atoms with E-state index in [2.05, 4.69) is 66.0 Å². The van der Waals surface area contributed by atoms with Crippen LogP contribution >= 0.6 is 0 Å². The van der Waals surface area contributed by atoms with Gasteiger partial charge in [0.25, 0.3) is 0 Å². The van der Waals surface area contributed by atoms with Gasteiger partial charge in [-0.15, -0.1) is 0 Å². The second-order valence-electron chi connectivity index (χ2n) is 4.88. The summed E-state index contributed by atoms with van der Waals surface area (Å²) in [5.74, 6) is 0. The molecule has 2 nitrogen and oxygen atoms in total. The summed E-state index contributed by atoms with van der Waals surface area (Å²) in [5, 5.41) is 1.35.